The third-order valence-corrected chi connectivity index (χ3v) is 3.43. The third kappa shape index (κ3) is 4.11. The predicted octanol–water partition coefficient (Wildman–Crippen LogP) is 3.69. The van der Waals surface area contributed by atoms with E-state index in [9.17, 15) is 5.11 Å². The number of benzene rings is 1. The van der Waals surface area contributed by atoms with Crippen molar-refractivity contribution >= 4 is 0 Å². The van der Waals surface area contributed by atoms with Crippen LogP contribution in [0.2, 0.25) is 0 Å². The van der Waals surface area contributed by atoms with E-state index in [1.165, 1.54) is 5.56 Å². The lowest BCUT2D eigenvalue weighted by molar-refractivity contribution is 0.0886. The Morgan fingerprint density at radius 1 is 1.17 bits per heavy atom. The van der Waals surface area contributed by atoms with Crippen LogP contribution < -0.4 is 0 Å². The molecule has 0 amide bonds. The van der Waals surface area contributed by atoms with Crippen LogP contribution in [0.1, 0.15) is 51.3 Å². The molecule has 0 aromatic heterocycles. The van der Waals surface area contributed by atoms with Crippen molar-refractivity contribution in [3.8, 4) is 0 Å². The van der Waals surface area contributed by atoms with Gasteiger partial charge in [0.2, 0.25) is 0 Å². The number of aliphatic hydroxyl groups is 1. The van der Waals surface area contributed by atoms with Gasteiger partial charge in [-0.15, -0.1) is 0 Å². The van der Waals surface area contributed by atoms with Crippen LogP contribution in [0.15, 0.2) is 24.3 Å². The van der Waals surface area contributed by atoms with Crippen molar-refractivity contribution in [3.63, 3.8) is 0 Å². The van der Waals surface area contributed by atoms with Crippen molar-refractivity contribution in [2.45, 2.75) is 45.6 Å². The minimum Gasteiger partial charge on any atom is -0.388 e. The van der Waals surface area contributed by atoms with E-state index in [-0.39, 0.29) is 11.3 Å². The van der Waals surface area contributed by atoms with Crippen molar-refractivity contribution in [2.75, 3.05) is 13.7 Å². The average molecular weight is 250 g/mol. The van der Waals surface area contributed by atoms with Gasteiger partial charge in [0.25, 0.3) is 0 Å². The van der Waals surface area contributed by atoms with Crippen molar-refractivity contribution < 1.29 is 9.84 Å². The van der Waals surface area contributed by atoms with E-state index < -0.39 is 6.10 Å². The molecule has 2 nitrogen and oxygen atoms in total. The van der Waals surface area contributed by atoms with Crippen molar-refractivity contribution in [2.24, 2.45) is 5.92 Å². The third-order valence-electron chi connectivity index (χ3n) is 3.43. The van der Waals surface area contributed by atoms with Crippen molar-refractivity contribution in [1.82, 2.24) is 0 Å². The maximum Gasteiger partial charge on any atom is 0.0816 e. The number of hydrogen-bond donors (Lipinski definition) is 1. The Bertz CT molecular complexity index is 348. The second-order valence-corrected chi connectivity index (χ2v) is 6.08. The average Bonchev–Trinajstić information content (AvgIpc) is 2.34. The molecule has 2 heteroatoms. The van der Waals surface area contributed by atoms with Gasteiger partial charge < -0.3 is 9.84 Å². The zero-order chi connectivity index (χ0) is 13.8. The lowest BCUT2D eigenvalue weighted by atomic mass is 9.85. The molecule has 0 saturated carbocycles. The highest BCUT2D eigenvalue weighted by Crippen LogP contribution is 2.27. The summed E-state index contributed by atoms with van der Waals surface area (Å²) >= 11 is 0. The summed E-state index contributed by atoms with van der Waals surface area (Å²) in [7, 11) is 1.69. The first-order valence-corrected chi connectivity index (χ1v) is 6.63. The first-order chi connectivity index (χ1) is 8.36. The standard InChI is InChI=1S/C16H26O2/c1-12(10-11-18-5)15(17)13-6-8-14(9-7-13)16(2,3)4/h6-9,12,15,17H,10-11H2,1-5H3. The zero-order valence-corrected chi connectivity index (χ0v) is 12.2. The largest absolute Gasteiger partial charge is 0.388 e. The van der Waals surface area contributed by atoms with Gasteiger partial charge in [0, 0.05) is 13.7 Å². The molecule has 0 saturated heterocycles. The molecule has 1 aromatic rings. The maximum atomic E-state index is 10.3. The number of ether oxygens (including phenoxy) is 1. The van der Waals surface area contributed by atoms with E-state index in [4.69, 9.17) is 4.74 Å². The van der Waals surface area contributed by atoms with Crippen LogP contribution in [0.25, 0.3) is 0 Å². The summed E-state index contributed by atoms with van der Waals surface area (Å²) in [6, 6.07) is 8.30. The summed E-state index contributed by atoms with van der Waals surface area (Å²) in [6.07, 6.45) is 0.466. The fourth-order valence-electron chi connectivity index (χ4n) is 1.97. The van der Waals surface area contributed by atoms with Crippen LogP contribution in [0, 0.1) is 5.92 Å². The normalized spacial score (nSPS) is 15.4. The van der Waals surface area contributed by atoms with Gasteiger partial charge in [-0.05, 0) is 28.9 Å². The van der Waals surface area contributed by atoms with Gasteiger partial charge in [-0.2, -0.15) is 0 Å². The Morgan fingerprint density at radius 3 is 2.17 bits per heavy atom. The molecule has 0 spiro atoms. The fourth-order valence-corrected chi connectivity index (χ4v) is 1.97. The van der Waals surface area contributed by atoms with Gasteiger partial charge in [-0.3, -0.25) is 0 Å². The van der Waals surface area contributed by atoms with Gasteiger partial charge in [0.1, 0.15) is 0 Å². The Hall–Kier alpha value is -0.860. The summed E-state index contributed by atoms with van der Waals surface area (Å²) in [5.74, 6) is 0.213. The molecule has 0 aliphatic rings. The summed E-state index contributed by atoms with van der Waals surface area (Å²) in [5, 5.41) is 10.3. The minimum atomic E-state index is -0.408. The number of methoxy groups -OCH3 is 1. The van der Waals surface area contributed by atoms with E-state index >= 15 is 0 Å². The molecular formula is C16H26O2. The van der Waals surface area contributed by atoms with Crippen LogP contribution in [0.5, 0.6) is 0 Å². The monoisotopic (exact) mass is 250 g/mol. The topological polar surface area (TPSA) is 29.5 Å². The van der Waals surface area contributed by atoms with Crippen molar-refractivity contribution in [1.29, 1.82) is 0 Å². The molecule has 0 bridgehead atoms. The number of aliphatic hydroxyl groups excluding tert-OH is 1. The number of rotatable bonds is 5. The molecule has 102 valence electrons. The highest BCUT2D eigenvalue weighted by molar-refractivity contribution is 5.28. The molecule has 0 heterocycles. The van der Waals surface area contributed by atoms with Gasteiger partial charge in [0.15, 0.2) is 0 Å². The minimum absolute atomic E-state index is 0.158. The first kappa shape index (κ1) is 15.2. The Labute approximate surface area is 111 Å². The lowest BCUT2D eigenvalue weighted by Gasteiger charge is -2.22. The molecule has 0 aliphatic carbocycles. The summed E-state index contributed by atoms with van der Waals surface area (Å²) in [6.45, 7) is 9.33. The Balaban J connectivity index is 2.72. The van der Waals surface area contributed by atoms with E-state index in [0.717, 1.165) is 12.0 Å². The Kier molecular flexibility index (Phi) is 5.36. The zero-order valence-electron chi connectivity index (χ0n) is 12.2. The van der Waals surface area contributed by atoms with Crippen LogP contribution in [0.3, 0.4) is 0 Å². The number of hydrogen-bond acceptors (Lipinski definition) is 2. The van der Waals surface area contributed by atoms with Crippen LogP contribution in [-0.4, -0.2) is 18.8 Å². The van der Waals surface area contributed by atoms with Crippen molar-refractivity contribution in [3.05, 3.63) is 35.4 Å². The highest BCUT2D eigenvalue weighted by atomic mass is 16.5. The molecule has 0 fully saturated rings. The SMILES string of the molecule is COCCC(C)C(O)c1ccc(C(C)(C)C)cc1. The first-order valence-electron chi connectivity index (χ1n) is 6.63. The van der Waals surface area contributed by atoms with E-state index in [1.807, 2.05) is 12.1 Å². The highest BCUT2D eigenvalue weighted by Gasteiger charge is 2.18. The predicted molar refractivity (Wildman–Crippen MR) is 75.8 cm³/mol. The van der Waals surface area contributed by atoms with E-state index in [0.29, 0.717) is 6.61 Å². The molecule has 2 unspecified atom stereocenters. The molecule has 0 radical (unpaired) electrons. The molecule has 1 rings (SSSR count). The van der Waals surface area contributed by atoms with E-state index in [2.05, 4.69) is 39.8 Å². The van der Waals surface area contributed by atoms with Crippen LogP contribution in [0.4, 0.5) is 0 Å². The quantitative estimate of drug-likeness (QED) is 0.863. The fraction of sp³-hybridized carbons (Fsp3) is 0.625. The summed E-state index contributed by atoms with van der Waals surface area (Å²) in [4.78, 5) is 0. The molecule has 0 aliphatic heterocycles. The van der Waals surface area contributed by atoms with Gasteiger partial charge in [0.05, 0.1) is 6.10 Å². The van der Waals surface area contributed by atoms with Gasteiger partial charge in [-0.25, -0.2) is 0 Å². The molecule has 1 aromatic carbocycles. The lowest BCUT2D eigenvalue weighted by Crippen LogP contribution is -2.13. The molecule has 18 heavy (non-hydrogen) atoms. The molecular weight excluding hydrogens is 224 g/mol. The second-order valence-electron chi connectivity index (χ2n) is 6.08. The molecule has 2 atom stereocenters. The summed E-state index contributed by atoms with van der Waals surface area (Å²) < 4.78 is 5.05. The Morgan fingerprint density at radius 2 is 1.72 bits per heavy atom. The molecule has 1 N–H and O–H groups in total. The van der Waals surface area contributed by atoms with Gasteiger partial charge in [-0.1, -0.05) is 52.0 Å². The van der Waals surface area contributed by atoms with E-state index in [1.54, 1.807) is 7.11 Å². The second kappa shape index (κ2) is 6.35. The maximum absolute atomic E-state index is 10.3. The summed E-state index contributed by atoms with van der Waals surface area (Å²) in [5.41, 5.74) is 2.44. The van der Waals surface area contributed by atoms with Crippen LogP contribution in [-0.2, 0) is 10.2 Å². The van der Waals surface area contributed by atoms with Crippen LogP contribution >= 0.6 is 0 Å². The smallest absolute Gasteiger partial charge is 0.0816 e. The van der Waals surface area contributed by atoms with Gasteiger partial charge >= 0.3 is 0 Å².